The van der Waals surface area contributed by atoms with E-state index >= 15 is 0 Å². The van der Waals surface area contributed by atoms with Gasteiger partial charge in [0.15, 0.2) is 0 Å². The van der Waals surface area contributed by atoms with Gasteiger partial charge in [-0.2, -0.15) is 12.6 Å². The van der Waals surface area contributed by atoms with Crippen molar-refractivity contribution in [2.24, 2.45) is 17.8 Å². The largest absolute Gasteiger partial charge is 0.179 e. The van der Waals surface area contributed by atoms with Gasteiger partial charge in [0.2, 0.25) is 0 Å². The molecule has 0 N–H and O–H groups in total. The number of hydrogen-bond acceptors (Lipinski definition) is 1. The van der Waals surface area contributed by atoms with Crippen LogP contribution in [0.25, 0.3) is 0 Å². The highest BCUT2D eigenvalue weighted by molar-refractivity contribution is 7.80. The summed E-state index contributed by atoms with van der Waals surface area (Å²) in [7, 11) is 0. The minimum Gasteiger partial charge on any atom is -0.179 e. The van der Waals surface area contributed by atoms with E-state index in [2.05, 4.69) is 26.5 Å². The molecular weight excluding hydrogens is 164 g/mol. The molecular formula is C11H22S. The molecule has 0 atom stereocenters. The third-order valence-electron chi connectivity index (χ3n) is 3.37. The lowest BCUT2D eigenvalue weighted by Gasteiger charge is -2.30. The van der Waals surface area contributed by atoms with Crippen LogP contribution in [0.4, 0.5) is 0 Å². The molecule has 0 nitrogen and oxygen atoms in total. The second-order valence-electron chi connectivity index (χ2n) is 4.54. The van der Waals surface area contributed by atoms with Crippen LogP contribution in [0, 0.1) is 17.8 Å². The van der Waals surface area contributed by atoms with Gasteiger partial charge in [-0.1, -0.05) is 26.7 Å². The predicted octanol–water partition coefficient (Wildman–Crippen LogP) is 3.77. The highest BCUT2D eigenvalue weighted by Gasteiger charge is 2.22. The summed E-state index contributed by atoms with van der Waals surface area (Å²) in [6.45, 7) is 4.73. The number of hydrogen-bond donors (Lipinski definition) is 1. The van der Waals surface area contributed by atoms with Gasteiger partial charge in [-0.05, 0) is 42.8 Å². The minimum atomic E-state index is 0.905. The fraction of sp³-hybridized carbons (Fsp3) is 1.00. The summed E-state index contributed by atoms with van der Waals surface area (Å²) in [4.78, 5) is 0. The molecule has 0 aromatic heterocycles. The van der Waals surface area contributed by atoms with E-state index in [4.69, 9.17) is 0 Å². The molecule has 0 aromatic rings. The quantitative estimate of drug-likeness (QED) is 0.637. The van der Waals surface area contributed by atoms with Crippen LogP contribution in [0.3, 0.4) is 0 Å². The standard InChI is InChI=1S/C11H22S/c1-9(2)11-5-3-10(4-6-11)7-8-12/h9-12H,3-8H2,1-2H3. The number of rotatable bonds is 3. The Morgan fingerprint density at radius 1 is 1.17 bits per heavy atom. The molecule has 0 bridgehead atoms. The van der Waals surface area contributed by atoms with Crippen LogP contribution in [0.2, 0.25) is 0 Å². The molecule has 0 spiro atoms. The molecule has 12 heavy (non-hydrogen) atoms. The summed E-state index contributed by atoms with van der Waals surface area (Å²) in [5.74, 6) is 4.00. The SMILES string of the molecule is CC(C)C1CCC(CCS)CC1. The lowest BCUT2D eigenvalue weighted by atomic mass is 9.76. The van der Waals surface area contributed by atoms with Gasteiger partial charge in [0, 0.05) is 0 Å². The van der Waals surface area contributed by atoms with Gasteiger partial charge >= 0.3 is 0 Å². The molecule has 1 rings (SSSR count). The normalized spacial score (nSPS) is 31.0. The van der Waals surface area contributed by atoms with Crippen LogP contribution in [-0.4, -0.2) is 5.75 Å². The molecule has 0 aromatic carbocycles. The number of thiol groups is 1. The van der Waals surface area contributed by atoms with Crippen LogP contribution in [0.5, 0.6) is 0 Å². The molecule has 1 saturated carbocycles. The molecule has 0 radical (unpaired) electrons. The highest BCUT2D eigenvalue weighted by Crippen LogP contribution is 2.34. The van der Waals surface area contributed by atoms with E-state index in [1.165, 1.54) is 32.1 Å². The van der Waals surface area contributed by atoms with Crippen LogP contribution in [0.15, 0.2) is 0 Å². The topological polar surface area (TPSA) is 0 Å². The lowest BCUT2D eigenvalue weighted by Crippen LogP contribution is -2.18. The van der Waals surface area contributed by atoms with Crippen molar-refractivity contribution in [3.63, 3.8) is 0 Å². The van der Waals surface area contributed by atoms with Crippen molar-refractivity contribution in [2.75, 3.05) is 5.75 Å². The fourth-order valence-corrected chi connectivity index (χ4v) is 2.69. The summed E-state index contributed by atoms with van der Waals surface area (Å²) < 4.78 is 0. The monoisotopic (exact) mass is 186 g/mol. The van der Waals surface area contributed by atoms with Crippen molar-refractivity contribution in [2.45, 2.75) is 46.0 Å². The Bertz CT molecular complexity index is 112. The first-order chi connectivity index (χ1) is 5.74. The summed E-state index contributed by atoms with van der Waals surface area (Å²) in [6.07, 6.45) is 7.20. The fourth-order valence-electron chi connectivity index (χ4n) is 2.33. The molecule has 0 amide bonds. The third kappa shape index (κ3) is 3.01. The van der Waals surface area contributed by atoms with E-state index in [-0.39, 0.29) is 0 Å². The Kier molecular flexibility index (Phi) is 4.49. The average Bonchev–Trinajstić information content (AvgIpc) is 2.06. The summed E-state index contributed by atoms with van der Waals surface area (Å²) >= 11 is 4.29. The Balaban J connectivity index is 2.20. The van der Waals surface area contributed by atoms with E-state index in [9.17, 15) is 0 Å². The molecule has 1 aliphatic rings. The first-order valence-corrected chi connectivity index (χ1v) is 5.98. The van der Waals surface area contributed by atoms with Crippen LogP contribution in [-0.2, 0) is 0 Å². The van der Waals surface area contributed by atoms with Gasteiger partial charge in [-0.25, -0.2) is 0 Å². The summed E-state index contributed by atoms with van der Waals surface area (Å²) in [5, 5.41) is 0. The van der Waals surface area contributed by atoms with Gasteiger partial charge in [0.25, 0.3) is 0 Å². The van der Waals surface area contributed by atoms with Crippen LogP contribution in [0.1, 0.15) is 46.0 Å². The maximum absolute atomic E-state index is 4.29. The van der Waals surface area contributed by atoms with Crippen molar-refractivity contribution < 1.29 is 0 Å². The Hall–Kier alpha value is 0.350. The molecule has 0 unspecified atom stereocenters. The molecule has 0 aliphatic heterocycles. The maximum atomic E-state index is 4.29. The minimum absolute atomic E-state index is 0.905. The van der Waals surface area contributed by atoms with Crippen molar-refractivity contribution >= 4 is 12.6 Å². The predicted molar refractivity (Wildman–Crippen MR) is 58.8 cm³/mol. The van der Waals surface area contributed by atoms with E-state index in [1.54, 1.807) is 0 Å². The zero-order valence-corrected chi connectivity index (χ0v) is 9.32. The van der Waals surface area contributed by atoms with Gasteiger partial charge in [-0.3, -0.25) is 0 Å². The Morgan fingerprint density at radius 3 is 2.17 bits per heavy atom. The van der Waals surface area contributed by atoms with Gasteiger partial charge in [0.05, 0.1) is 0 Å². The van der Waals surface area contributed by atoms with Crippen molar-refractivity contribution in [1.29, 1.82) is 0 Å². The first kappa shape index (κ1) is 10.4. The second-order valence-corrected chi connectivity index (χ2v) is 4.98. The van der Waals surface area contributed by atoms with Crippen molar-refractivity contribution in [3.8, 4) is 0 Å². The Morgan fingerprint density at radius 2 is 1.75 bits per heavy atom. The maximum Gasteiger partial charge on any atom is -0.00953 e. The third-order valence-corrected chi connectivity index (χ3v) is 3.63. The summed E-state index contributed by atoms with van der Waals surface area (Å²) in [6, 6.07) is 0. The van der Waals surface area contributed by atoms with E-state index in [1.807, 2.05) is 0 Å². The van der Waals surface area contributed by atoms with Gasteiger partial charge in [-0.15, -0.1) is 0 Å². The van der Waals surface area contributed by atoms with Crippen molar-refractivity contribution in [3.05, 3.63) is 0 Å². The average molecular weight is 186 g/mol. The van der Waals surface area contributed by atoms with E-state index in [0.717, 1.165) is 23.5 Å². The highest BCUT2D eigenvalue weighted by atomic mass is 32.1. The van der Waals surface area contributed by atoms with E-state index in [0.29, 0.717) is 0 Å². The zero-order chi connectivity index (χ0) is 8.97. The molecule has 1 aliphatic carbocycles. The zero-order valence-electron chi connectivity index (χ0n) is 8.42. The van der Waals surface area contributed by atoms with Crippen LogP contribution < -0.4 is 0 Å². The molecule has 0 heterocycles. The molecule has 72 valence electrons. The Labute approximate surface area is 82.5 Å². The second kappa shape index (κ2) is 5.16. The van der Waals surface area contributed by atoms with Gasteiger partial charge < -0.3 is 0 Å². The lowest BCUT2D eigenvalue weighted by molar-refractivity contribution is 0.221. The molecule has 0 saturated heterocycles. The molecule has 1 fully saturated rings. The molecule has 1 heteroatoms. The summed E-state index contributed by atoms with van der Waals surface area (Å²) in [5.41, 5.74) is 0. The smallest absolute Gasteiger partial charge is 0.00953 e. The van der Waals surface area contributed by atoms with Crippen LogP contribution >= 0.6 is 12.6 Å². The van der Waals surface area contributed by atoms with Crippen molar-refractivity contribution in [1.82, 2.24) is 0 Å². The van der Waals surface area contributed by atoms with Gasteiger partial charge in [0.1, 0.15) is 0 Å². The first-order valence-electron chi connectivity index (χ1n) is 5.35. The van der Waals surface area contributed by atoms with E-state index < -0.39 is 0 Å².